The molecule has 1 atom stereocenters. The van der Waals surface area contributed by atoms with Crippen molar-refractivity contribution in [2.75, 3.05) is 30.3 Å². The summed E-state index contributed by atoms with van der Waals surface area (Å²) in [5, 5.41) is 17.5. The number of azo groups is 1. The second-order valence-corrected chi connectivity index (χ2v) is 7.56. The standard InChI is InChI=1S/C22H26N6O2/c29-21(20-4-3-13-23-20)24-16-5-9-18(10-6-16)26-27-19-11-7-17(8-12-19)25-22(30)28-14-1-2-15-28/h5-12,20,23H,1-4,13-15H2,(H,24,29)(H,25,30). The molecule has 0 bridgehead atoms. The van der Waals surface area contributed by atoms with Gasteiger partial charge in [0.1, 0.15) is 0 Å². The Balaban J connectivity index is 1.29. The van der Waals surface area contributed by atoms with Crippen LogP contribution in [0, 0.1) is 0 Å². The van der Waals surface area contributed by atoms with Crippen LogP contribution >= 0.6 is 0 Å². The molecule has 2 fully saturated rings. The number of amides is 3. The molecule has 0 saturated carbocycles. The molecule has 2 aromatic rings. The van der Waals surface area contributed by atoms with Gasteiger partial charge in [-0.25, -0.2) is 4.79 Å². The third kappa shape index (κ3) is 5.21. The quantitative estimate of drug-likeness (QED) is 0.641. The maximum absolute atomic E-state index is 12.1. The summed E-state index contributed by atoms with van der Waals surface area (Å²) in [4.78, 5) is 26.1. The van der Waals surface area contributed by atoms with Crippen molar-refractivity contribution in [1.29, 1.82) is 0 Å². The van der Waals surface area contributed by atoms with Gasteiger partial charge in [0.05, 0.1) is 17.4 Å². The predicted molar refractivity (Wildman–Crippen MR) is 117 cm³/mol. The Morgan fingerprint density at radius 1 is 0.833 bits per heavy atom. The molecule has 2 aliphatic heterocycles. The number of anilines is 2. The maximum atomic E-state index is 12.1. The number of benzene rings is 2. The van der Waals surface area contributed by atoms with E-state index in [0.29, 0.717) is 11.4 Å². The Kier molecular flexibility index (Phi) is 6.34. The van der Waals surface area contributed by atoms with Crippen LogP contribution in [0.4, 0.5) is 27.5 Å². The first-order valence-corrected chi connectivity index (χ1v) is 10.4. The Morgan fingerprint density at radius 3 is 1.93 bits per heavy atom. The monoisotopic (exact) mass is 406 g/mol. The van der Waals surface area contributed by atoms with Crippen LogP contribution in [0.3, 0.4) is 0 Å². The van der Waals surface area contributed by atoms with Crippen molar-refractivity contribution >= 4 is 34.7 Å². The van der Waals surface area contributed by atoms with Crippen molar-refractivity contribution in [1.82, 2.24) is 10.2 Å². The molecule has 0 radical (unpaired) electrons. The van der Waals surface area contributed by atoms with Gasteiger partial charge in [0.25, 0.3) is 0 Å². The minimum atomic E-state index is -0.104. The molecule has 30 heavy (non-hydrogen) atoms. The van der Waals surface area contributed by atoms with Gasteiger partial charge in [-0.3, -0.25) is 4.79 Å². The average Bonchev–Trinajstić information content (AvgIpc) is 3.48. The highest BCUT2D eigenvalue weighted by atomic mass is 16.2. The fraction of sp³-hybridized carbons (Fsp3) is 0.364. The highest BCUT2D eigenvalue weighted by molar-refractivity contribution is 5.95. The number of carbonyl (C=O) groups excluding carboxylic acids is 2. The molecule has 1 unspecified atom stereocenters. The van der Waals surface area contributed by atoms with Crippen LogP contribution in [0.2, 0.25) is 0 Å². The van der Waals surface area contributed by atoms with Crippen molar-refractivity contribution in [2.24, 2.45) is 10.2 Å². The van der Waals surface area contributed by atoms with E-state index in [2.05, 4.69) is 26.2 Å². The van der Waals surface area contributed by atoms with E-state index < -0.39 is 0 Å². The number of rotatable bonds is 5. The minimum Gasteiger partial charge on any atom is -0.325 e. The topological polar surface area (TPSA) is 98.2 Å². The van der Waals surface area contributed by atoms with Gasteiger partial charge in [-0.2, -0.15) is 10.2 Å². The minimum absolute atomic E-state index is 0.00112. The van der Waals surface area contributed by atoms with Gasteiger partial charge in [0, 0.05) is 24.5 Å². The molecule has 8 nitrogen and oxygen atoms in total. The first-order chi connectivity index (χ1) is 14.7. The molecular formula is C22H26N6O2. The van der Waals surface area contributed by atoms with Crippen LogP contribution < -0.4 is 16.0 Å². The number of hydrogen-bond acceptors (Lipinski definition) is 5. The van der Waals surface area contributed by atoms with Gasteiger partial charge in [-0.15, -0.1) is 0 Å². The predicted octanol–water partition coefficient (Wildman–Crippen LogP) is 4.42. The number of nitrogens with one attached hydrogen (secondary N) is 3. The lowest BCUT2D eigenvalue weighted by atomic mass is 10.2. The van der Waals surface area contributed by atoms with Crippen molar-refractivity contribution in [3.63, 3.8) is 0 Å². The highest BCUT2D eigenvalue weighted by Crippen LogP contribution is 2.22. The smallest absolute Gasteiger partial charge is 0.321 e. The number of nitrogens with zero attached hydrogens (tertiary/aromatic N) is 3. The average molecular weight is 406 g/mol. The molecule has 2 aromatic carbocycles. The third-order valence-electron chi connectivity index (χ3n) is 5.30. The van der Waals surface area contributed by atoms with Gasteiger partial charge < -0.3 is 20.9 Å². The van der Waals surface area contributed by atoms with Gasteiger partial charge in [0.15, 0.2) is 0 Å². The Labute approximate surface area is 175 Å². The Hall–Kier alpha value is -3.26. The molecule has 3 N–H and O–H groups in total. The second kappa shape index (κ2) is 9.49. The van der Waals surface area contributed by atoms with Crippen LogP contribution in [0.5, 0.6) is 0 Å². The van der Waals surface area contributed by atoms with E-state index in [0.717, 1.165) is 56.7 Å². The van der Waals surface area contributed by atoms with Gasteiger partial charge in [0.2, 0.25) is 5.91 Å². The van der Waals surface area contributed by atoms with Crippen LogP contribution in [-0.2, 0) is 4.79 Å². The molecule has 3 amide bonds. The molecular weight excluding hydrogens is 380 g/mol. The summed E-state index contributed by atoms with van der Waals surface area (Å²) in [5.74, 6) is -0.00112. The van der Waals surface area contributed by atoms with E-state index in [4.69, 9.17) is 0 Å². The summed E-state index contributed by atoms with van der Waals surface area (Å²) in [6.45, 7) is 2.53. The molecule has 0 spiro atoms. The Morgan fingerprint density at radius 2 is 1.40 bits per heavy atom. The summed E-state index contributed by atoms with van der Waals surface area (Å²) in [6, 6.07) is 14.4. The van der Waals surface area contributed by atoms with Crippen molar-refractivity contribution in [3.05, 3.63) is 48.5 Å². The van der Waals surface area contributed by atoms with E-state index in [1.165, 1.54) is 0 Å². The lowest BCUT2D eigenvalue weighted by Crippen LogP contribution is -2.35. The molecule has 0 aliphatic carbocycles. The van der Waals surface area contributed by atoms with Gasteiger partial charge >= 0.3 is 6.03 Å². The Bertz CT molecular complexity index is 823. The zero-order valence-electron chi connectivity index (χ0n) is 16.8. The largest absolute Gasteiger partial charge is 0.325 e. The lowest BCUT2D eigenvalue weighted by molar-refractivity contribution is -0.117. The first-order valence-electron chi connectivity index (χ1n) is 10.4. The van der Waals surface area contributed by atoms with E-state index in [1.807, 2.05) is 53.4 Å². The molecule has 8 heteroatoms. The highest BCUT2D eigenvalue weighted by Gasteiger charge is 2.21. The zero-order valence-corrected chi connectivity index (χ0v) is 16.8. The normalized spacial score (nSPS) is 18.7. The summed E-state index contributed by atoms with van der Waals surface area (Å²) >= 11 is 0. The SMILES string of the molecule is O=C(Nc1ccc(N=Nc2ccc(NC(=O)N3CCCC3)cc2)cc1)C1CCCN1. The van der Waals surface area contributed by atoms with E-state index in [1.54, 1.807) is 0 Å². The second-order valence-electron chi connectivity index (χ2n) is 7.56. The van der Waals surface area contributed by atoms with Crippen LogP contribution in [0.25, 0.3) is 0 Å². The summed E-state index contributed by atoms with van der Waals surface area (Å²) in [7, 11) is 0. The van der Waals surface area contributed by atoms with Gasteiger partial charge in [-0.1, -0.05) is 0 Å². The van der Waals surface area contributed by atoms with Crippen molar-refractivity contribution in [2.45, 2.75) is 31.7 Å². The molecule has 2 heterocycles. The lowest BCUT2D eigenvalue weighted by Gasteiger charge is -2.16. The van der Waals surface area contributed by atoms with Crippen LogP contribution in [-0.4, -0.2) is 42.5 Å². The van der Waals surface area contributed by atoms with Crippen molar-refractivity contribution < 1.29 is 9.59 Å². The maximum Gasteiger partial charge on any atom is 0.321 e. The number of urea groups is 1. The first kappa shape index (κ1) is 20.0. The molecule has 2 aliphatic rings. The fourth-order valence-corrected chi connectivity index (χ4v) is 3.60. The van der Waals surface area contributed by atoms with Crippen molar-refractivity contribution in [3.8, 4) is 0 Å². The summed E-state index contributed by atoms with van der Waals surface area (Å²) in [6.07, 6.45) is 4.04. The summed E-state index contributed by atoms with van der Waals surface area (Å²) < 4.78 is 0. The molecule has 2 saturated heterocycles. The molecule has 4 rings (SSSR count). The number of likely N-dealkylation sites (tertiary alicyclic amines) is 1. The number of carbonyl (C=O) groups is 2. The molecule has 156 valence electrons. The fourth-order valence-electron chi connectivity index (χ4n) is 3.60. The van der Waals surface area contributed by atoms with Crippen LogP contribution in [0.15, 0.2) is 58.8 Å². The zero-order chi connectivity index (χ0) is 20.8. The van der Waals surface area contributed by atoms with E-state index in [-0.39, 0.29) is 18.0 Å². The van der Waals surface area contributed by atoms with Crippen LogP contribution in [0.1, 0.15) is 25.7 Å². The van der Waals surface area contributed by atoms with E-state index >= 15 is 0 Å². The summed E-state index contributed by atoms with van der Waals surface area (Å²) in [5.41, 5.74) is 2.87. The molecule has 0 aromatic heterocycles. The number of hydrogen-bond donors (Lipinski definition) is 3. The van der Waals surface area contributed by atoms with E-state index in [9.17, 15) is 9.59 Å². The third-order valence-corrected chi connectivity index (χ3v) is 5.30. The van der Waals surface area contributed by atoms with Gasteiger partial charge in [-0.05, 0) is 80.8 Å².